The lowest BCUT2D eigenvalue weighted by Crippen LogP contribution is -2.47. The molecule has 0 aliphatic heterocycles. The first kappa shape index (κ1) is 17.0. The third-order valence-electron chi connectivity index (χ3n) is 3.83. The van der Waals surface area contributed by atoms with Gasteiger partial charge in [0.25, 0.3) is 0 Å². The molecular formula is C20H18N2O2S. The average molecular weight is 350 g/mol. The molecule has 0 N–H and O–H groups in total. The second-order valence-corrected chi connectivity index (χ2v) is 6.11. The van der Waals surface area contributed by atoms with E-state index < -0.39 is 6.04 Å². The number of Topliss-reactive ketones (excluding diaryl/α,β-unsaturated/α-hetero) is 1. The Labute approximate surface area is 152 Å². The molecule has 3 aromatic rings. The summed E-state index contributed by atoms with van der Waals surface area (Å²) < 4.78 is 7.07. The van der Waals surface area contributed by atoms with E-state index in [2.05, 4.69) is 4.99 Å². The molecule has 0 spiro atoms. The maximum Gasteiger partial charge on any atom is 0.237 e. The number of aromatic nitrogens is 1. The normalized spacial score (nSPS) is 12.8. The molecule has 0 aliphatic rings. The number of hydrogen-bond donors (Lipinski definition) is 0. The number of nitrogens with zero attached hydrogens (tertiary/aromatic N) is 2. The summed E-state index contributed by atoms with van der Waals surface area (Å²) in [5.74, 6) is 0.631. The maximum atomic E-state index is 13.1. The molecule has 0 amide bonds. The highest BCUT2D eigenvalue weighted by molar-refractivity contribution is 7.77. The van der Waals surface area contributed by atoms with Crippen LogP contribution in [-0.4, -0.2) is 10.8 Å². The first-order valence-corrected chi connectivity index (χ1v) is 8.36. The zero-order valence-electron chi connectivity index (χ0n) is 13.8. The summed E-state index contributed by atoms with van der Waals surface area (Å²) in [6, 6.07) is 16.1. The number of rotatable bonds is 6. The second kappa shape index (κ2) is 7.85. The predicted octanol–water partition coefficient (Wildman–Crippen LogP) is 3.45. The molecule has 3 rings (SSSR count). The monoisotopic (exact) mass is 350 g/mol. The van der Waals surface area contributed by atoms with Crippen molar-refractivity contribution in [2.24, 2.45) is 4.99 Å². The number of carbonyl (C=O) groups excluding carboxylic acids is 1. The van der Waals surface area contributed by atoms with E-state index in [1.54, 1.807) is 16.9 Å². The fraction of sp³-hybridized carbons (Fsp3) is 0.150. The van der Waals surface area contributed by atoms with Crippen molar-refractivity contribution in [1.29, 1.82) is 0 Å². The van der Waals surface area contributed by atoms with E-state index in [1.165, 1.54) is 0 Å². The molecule has 0 bridgehead atoms. The van der Waals surface area contributed by atoms with Gasteiger partial charge in [-0.05, 0) is 24.1 Å². The topological polar surface area (TPSA) is 46.5 Å². The zero-order valence-corrected chi connectivity index (χ0v) is 14.6. The van der Waals surface area contributed by atoms with Gasteiger partial charge in [0.2, 0.25) is 11.8 Å². The Morgan fingerprint density at radius 3 is 2.48 bits per heavy atom. The number of hydrogen-bond acceptors (Lipinski definition) is 4. The fourth-order valence-corrected chi connectivity index (χ4v) is 2.77. The molecule has 5 heteroatoms. The van der Waals surface area contributed by atoms with E-state index >= 15 is 0 Å². The number of aryl methyl sites for hydroxylation is 1. The van der Waals surface area contributed by atoms with Crippen LogP contribution in [-0.2, 0) is 19.2 Å². The lowest BCUT2D eigenvalue weighted by Gasteiger charge is -2.18. The van der Waals surface area contributed by atoms with Crippen LogP contribution in [0.4, 0.5) is 0 Å². The van der Waals surface area contributed by atoms with Crippen LogP contribution in [0.15, 0.2) is 82.7 Å². The van der Waals surface area contributed by atoms with Crippen LogP contribution in [0.1, 0.15) is 27.7 Å². The Hall–Kier alpha value is -2.79. The van der Waals surface area contributed by atoms with Crippen molar-refractivity contribution in [1.82, 2.24) is 0 Å². The third kappa shape index (κ3) is 4.19. The largest absolute Gasteiger partial charge is 0.758 e. The second-order valence-electron chi connectivity index (χ2n) is 5.69. The molecule has 2 aromatic heterocycles. The van der Waals surface area contributed by atoms with E-state index in [9.17, 15) is 4.79 Å². The number of benzene rings is 1. The number of ketones is 1. The molecule has 1 atom stereocenters. The lowest BCUT2D eigenvalue weighted by molar-refractivity contribution is -0.691. The minimum Gasteiger partial charge on any atom is -0.758 e. The average Bonchev–Trinajstić information content (AvgIpc) is 3.15. The molecule has 25 heavy (non-hydrogen) atoms. The molecular weight excluding hydrogens is 332 g/mol. The minimum atomic E-state index is -0.658. The smallest absolute Gasteiger partial charge is 0.237 e. The van der Waals surface area contributed by atoms with Crippen molar-refractivity contribution in [3.8, 4) is 0 Å². The van der Waals surface area contributed by atoms with Gasteiger partial charge in [-0.25, -0.2) is 0 Å². The van der Waals surface area contributed by atoms with Gasteiger partial charge >= 0.3 is 0 Å². The molecule has 0 saturated heterocycles. The Bertz CT molecular complexity index is 856. The molecule has 2 heterocycles. The quantitative estimate of drug-likeness (QED) is 0.225. The number of pyridine rings is 1. The van der Waals surface area contributed by atoms with Crippen LogP contribution < -0.4 is 4.57 Å². The molecule has 0 unspecified atom stereocenters. The first-order chi connectivity index (χ1) is 12.1. The minimum absolute atomic E-state index is 0.0793. The van der Waals surface area contributed by atoms with Crippen LogP contribution in [0.5, 0.6) is 0 Å². The number of furan rings is 1. The summed E-state index contributed by atoms with van der Waals surface area (Å²) in [7, 11) is 0. The first-order valence-electron chi connectivity index (χ1n) is 7.95. The highest BCUT2D eigenvalue weighted by atomic mass is 32.1. The number of carbonyl (C=O) groups is 1. The molecule has 126 valence electrons. The Morgan fingerprint density at radius 2 is 1.84 bits per heavy atom. The van der Waals surface area contributed by atoms with E-state index in [0.717, 1.165) is 5.56 Å². The van der Waals surface area contributed by atoms with E-state index in [-0.39, 0.29) is 5.78 Å². The summed E-state index contributed by atoms with van der Waals surface area (Å²) in [5, 5.41) is 0.332. The van der Waals surface area contributed by atoms with E-state index in [0.29, 0.717) is 22.9 Å². The van der Waals surface area contributed by atoms with Crippen LogP contribution >= 0.6 is 0 Å². The van der Waals surface area contributed by atoms with Crippen molar-refractivity contribution in [3.05, 3.63) is 90.1 Å². The molecule has 0 fully saturated rings. The zero-order chi connectivity index (χ0) is 17.6. The van der Waals surface area contributed by atoms with E-state index in [1.807, 2.05) is 67.8 Å². The maximum absolute atomic E-state index is 13.1. The molecule has 0 radical (unpaired) electrons. The summed E-state index contributed by atoms with van der Waals surface area (Å²) >= 11 is 5.48. The Kier molecular flexibility index (Phi) is 5.36. The summed E-state index contributed by atoms with van der Waals surface area (Å²) in [4.78, 5) is 17.5. The highest BCUT2D eigenvalue weighted by Crippen LogP contribution is 2.13. The summed E-state index contributed by atoms with van der Waals surface area (Å²) in [6.07, 6.45) is 5.24. The van der Waals surface area contributed by atoms with Gasteiger partial charge in [0.1, 0.15) is 5.76 Å². The number of aliphatic imine (C=N–C) groups is 1. The van der Waals surface area contributed by atoms with Crippen molar-refractivity contribution in [2.45, 2.75) is 19.5 Å². The Morgan fingerprint density at radius 1 is 1.12 bits per heavy atom. The van der Waals surface area contributed by atoms with Gasteiger partial charge < -0.3 is 22.0 Å². The molecule has 0 saturated carbocycles. The van der Waals surface area contributed by atoms with Gasteiger partial charge in [-0.2, -0.15) is 4.57 Å². The molecule has 1 aromatic carbocycles. The summed E-state index contributed by atoms with van der Waals surface area (Å²) in [5.41, 5.74) is 1.72. The molecule has 4 nitrogen and oxygen atoms in total. The van der Waals surface area contributed by atoms with Gasteiger partial charge in [0.15, 0.2) is 12.4 Å². The standard InChI is InChI=1S/C20H18N2O2S/c1-15-7-9-16(10-8-15)19(23)18(22-11-3-2-4-12-22)20(25)21-14-17-6-5-13-24-17/h2-13,18H,14H2,1H3/t18-/m1/s1. The van der Waals surface area contributed by atoms with Gasteiger partial charge in [-0.1, -0.05) is 35.9 Å². The van der Waals surface area contributed by atoms with Crippen LogP contribution in [0.2, 0.25) is 0 Å². The van der Waals surface area contributed by atoms with Crippen molar-refractivity contribution in [2.75, 3.05) is 0 Å². The van der Waals surface area contributed by atoms with E-state index in [4.69, 9.17) is 17.0 Å². The van der Waals surface area contributed by atoms with Crippen LogP contribution in [0.25, 0.3) is 0 Å². The summed E-state index contributed by atoms with van der Waals surface area (Å²) in [6.45, 7) is 2.30. The van der Waals surface area contributed by atoms with Crippen LogP contribution in [0, 0.1) is 6.92 Å². The van der Waals surface area contributed by atoms with Gasteiger partial charge in [0, 0.05) is 17.7 Å². The third-order valence-corrected chi connectivity index (χ3v) is 4.18. The van der Waals surface area contributed by atoms with Gasteiger partial charge in [-0.15, -0.1) is 0 Å². The van der Waals surface area contributed by atoms with Crippen molar-refractivity contribution < 1.29 is 13.8 Å². The van der Waals surface area contributed by atoms with Crippen LogP contribution in [0.3, 0.4) is 0 Å². The predicted molar refractivity (Wildman–Crippen MR) is 98.4 cm³/mol. The van der Waals surface area contributed by atoms with Gasteiger partial charge in [0.05, 0.1) is 12.8 Å². The SMILES string of the molecule is Cc1ccc(C(=O)[C@H](C([S-])=NCc2ccco2)[n+]2ccccc2)cc1. The fourth-order valence-electron chi connectivity index (χ4n) is 2.48. The molecule has 0 aliphatic carbocycles. The Balaban J connectivity index is 1.93. The lowest BCUT2D eigenvalue weighted by atomic mass is 10.0. The van der Waals surface area contributed by atoms with Crippen molar-refractivity contribution >= 4 is 23.5 Å². The van der Waals surface area contributed by atoms with Crippen molar-refractivity contribution in [3.63, 3.8) is 0 Å². The highest BCUT2D eigenvalue weighted by Gasteiger charge is 2.27. The van der Waals surface area contributed by atoms with Gasteiger partial charge in [-0.3, -0.25) is 4.79 Å².